The molecule has 1 aromatic carbocycles. The van der Waals surface area contributed by atoms with E-state index in [0.717, 1.165) is 76.5 Å². The highest BCUT2D eigenvalue weighted by Crippen LogP contribution is 2.27. The minimum atomic E-state index is 0.813. The van der Waals surface area contributed by atoms with E-state index < -0.39 is 0 Å². The summed E-state index contributed by atoms with van der Waals surface area (Å²) in [6, 6.07) is 8.70. The first kappa shape index (κ1) is 17.7. The highest BCUT2D eigenvalue weighted by atomic mass is 32.1. The van der Waals surface area contributed by atoms with Crippen molar-refractivity contribution in [1.82, 2.24) is 9.88 Å². The van der Waals surface area contributed by atoms with Crippen LogP contribution in [0.3, 0.4) is 0 Å². The zero-order valence-corrected chi connectivity index (χ0v) is 15.8. The van der Waals surface area contributed by atoms with E-state index in [1.807, 2.05) is 0 Å². The molecule has 1 N–H and O–H groups in total. The first-order valence-corrected chi connectivity index (χ1v) is 10.2. The fraction of sp³-hybridized carbons (Fsp3) is 0.526. The fourth-order valence-corrected chi connectivity index (χ4v) is 4.05. The normalized spacial score (nSPS) is 18.8. The van der Waals surface area contributed by atoms with Gasteiger partial charge in [-0.15, -0.1) is 11.3 Å². The summed E-state index contributed by atoms with van der Waals surface area (Å²) < 4.78 is 10.8. The number of nitrogens with zero attached hydrogens (tertiary/aromatic N) is 3. The van der Waals surface area contributed by atoms with Crippen LogP contribution in [0.2, 0.25) is 0 Å². The van der Waals surface area contributed by atoms with Crippen LogP contribution in [0.4, 0.5) is 10.8 Å². The van der Waals surface area contributed by atoms with Crippen LogP contribution in [0.1, 0.15) is 0 Å². The first-order valence-electron chi connectivity index (χ1n) is 9.31. The van der Waals surface area contributed by atoms with Crippen LogP contribution in [-0.4, -0.2) is 75.6 Å². The van der Waals surface area contributed by atoms with E-state index in [2.05, 4.69) is 44.8 Å². The van der Waals surface area contributed by atoms with Crippen molar-refractivity contribution in [2.24, 2.45) is 0 Å². The molecule has 0 unspecified atom stereocenters. The SMILES string of the molecule is c1cc(N2CCOCC2)ccc1-c1csc(NCCN2CCOCC2)n1. The molecule has 2 aliphatic rings. The third-order valence-electron chi connectivity index (χ3n) is 4.85. The molecule has 2 saturated heterocycles. The van der Waals surface area contributed by atoms with Crippen LogP contribution in [0, 0.1) is 0 Å². The Bertz CT molecular complexity index is 679. The van der Waals surface area contributed by atoms with Gasteiger partial charge < -0.3 is 19.7 Å². The third-order valence-corrected chi connectivity index (χ3v) is 5.65. The van der Waals surface area contributed by atoms with Crippen LogP contribution in [-0.2, 0) is 9.47 Å². The lowest BCUT2D eigenvalue weighted by Gasteiger charge is -2.28. The molecule has 0 aliphatic carbocycles. The van der Waals surface area contributed by atoms with Gasteiger partial charge in [0.05, 0.1) is 32.1 Å². The number of benzene rings is 1. The van der Waals surface area contributed by atoms with Crippen molar-refractivity contribution in [2.75, 3.05) is 75.9 Å². The molecule has 140 valence electrons. The molecular formula is C19H26N4O2S. The zero-order chi connectivity index (χ0) is 17.6. The third kappa shape index (κ3) is 4.54. The summed E-state index contributed by atoms with van der Waals surface area (Å²) in [5, 5.41) is 6.57. The minimum Gasteiger partial charge on any atom is -0.379 e. The Balaban J connectivity index is 1.30. The van der Waals surface area contributed by atoms with E-state index in [4.69, 9.17) is 14.5 Å². The van der Waals surface area contributed by atoms with Crippen LogP contribution < -0.4 is 10.2 Å². The van der Waals surface area contributed by atoms with Crippen LogP contribution >= 0.6 is 11.3 Å². The maximum atomic E-state index is 5.42. The van der Waals surface area contributed by atoms with Crippen molar-refractivity contribution >= 4 is 22.2 Å². The Morgan fingerprint density at radius 2 is 1.65 bits per heavy atom. The lowest BCUT2D eigenvalue weighted by atomic mass is 10.1. The molecule has 0 atom stereocenters. The summed E-state index contributed by atoms with van der Waals surface area (Å²) in [5.41, 5.74) is 3.47. The topological polar surface area (TPSA) is 49.9 Å². The molecule has 0 saturated carbocycles. The molecule has 2 fully saturated rings. The molecule has 1 aromatic heterocycles. The quantitative estimate of drug-likeness (QED) is 0.838. The summed E-state index contributed by atoms with van der Waals surface area (Å²) in [5.74, 6) is 0. The molecule has 0 spiro atoms. The van der Waals surface area contributed by atoms with Gasteiger partial charge in [-0.3, -0.25) is 4.90 Å². The largest absolute Gasteiger partial charge is 0.379 e. The predicted molar refractivity (Wildman–Crippen MR) is 106 cm³/mol. The second-order valence-corrected chi connectivity index (χ2v) is 7.42. The van der Waals surface area contributed by atoms with E-state index in [9.17, 15) is 0 Å². The van der Waals surface area contributed by atoms with Gasteiger partial charge in [0.1, 0.15) is 0 Å². The average Bonchev–Trinajstić information content (AvgIpc) is 3.19. The Labute approximate surface area is 158 Å². The van der Waals surface area contributed by atoms with E-state index in [-0.39, 0.29) is 0 Å². The van der Waals surface area contributed by atoms with Gasteiger partial charge in [0.2, 0.25) is 0 Å². The molecular weight excluding hydrogens is 348 g/mol. The smallest absolute Gasteiger partial charge is 0.183 e. The van der Waals surface area contributed by atoms with Gasteiger partial charge in [-0.1, -0.05) is 12.1 Å². The maximum Gasteiger partial charge on any atom is 0.183 e. The summed E-state index contributed by atoms with van der Waals surface area (Å²) >= 11 is 1.67. The van der Waals surface area contributed by atoms with Crippen molar-refractivity contribution in [2.45, 2.75) is 0 Å². The molecule has 3 heterocycles. The van der Waals surface area contributed by atoms with Gasteiger partial charge in [-0.2, -0.15) is 0 Å². The van der Waals surface area contributed by atoms with Gasteiger partial charge in [0.25, 0.3) is 0 Å². The number of hydrogen-bond acceptors (Lipinski definition) is 7. The first-order chi connectivity index (χ1) is 12.9. The minimum absolute atomic E-state index is 0.813. The summed E-state index contributed by atoms with van der Waals surface area (Å²) in [6.45, 7) is 9.26. The lowest BCUT2D eigenvalue weighted by molar-refractivity contribution is 0.0398. The summed E-state index contributed by atoms with van der Waals surface area (Å²) in [4.78, 5) is 9.53. The molecule has 0 amide bonds. The second kappa shape index (κ2) is 8.81. The van der Waals surface area contributed by atoms with Crippen molar-refractivity contribution in [1.29, 1.82) is 0 Å². The molecule has 2 aliphatic heterocycles. The average molecular weight is 375 g/mol. The molecule has 6 nitrogen and oxygen atoms in total. The van der Waals surface area contributed by atoms with E-state index in [1.165, 1.54) is 11.3 Å². The summed E-state index contributed by atoms with van der Waals surface area (Å²) in [6.07, 6.45) is 0. The maximum absolute atomic E-state index is 5.42. The number of aromatic nitrogens is 1. The number of morpholine rings is 2. The van der Waals surface area contributed by atoms with Crippen molar-refractivity contribution < 1.29 is 9.47 Å². The Hall–Kier alpha value is -1.67. The van der Waals surface area contributed by atoms with Gasteiger partial charge >= 0.3 is 0 Å². The van der Waals surface area contributed by atoms with E-state index in [1.54, 1.807) is 11.3 Å². The number of rotatable bonds is 6. The van der Waals surface area contributed by atoms with E-state index in [0.29, 0.717) is 0 Å². The Morgan fingerprint density at radius 3 is 2.38 bits per heavy atom. The van der Waals surface area contributed by atoms with Crippen LogP contribution in [0.25, 0.3) is 11.3 Å². The number of nitrogens with one attached hydrogen (secondary N) is 1. The van der Waals surface area contributed by atoms with Crippen molar-refractivity contribution in [3.05, 3.63) is 29.6 Å². The van der Waals surface area contributed by atoms with Crippen molar-refractivity contribution in [3.8, 4) is 11.3 Å². The highest BCUT2D eigenvalue weighted by Gasteiger charge is 2.12. The molecule has 7 heteroatoms. The summed E-state index contributed by atoms with van der Waals surface area (Å²) in [7, 11) is 0. The molecule has 0 radical (unpaired) electrons. The second-order valence-electron chi connectivity index (χ2n) is 6.56. The number of hydrogen-bond donors (Lipinski definition) is 1. The standard InChI is InChI=1S/C19H26N4O2S/c1-3-17(23-9-13-25-14-10-23)4-2-16(1)18-15-26-19(21-18)20-5-6-22-7-11-24-12-8-22/h1-4,15H,5-14H2,(H,20,21). The number of thiazole rings is 1. The highest BCUT2D eigenvalue weighted by molar-refractivity contribution is 7.14. The molecule has 2 aromatic rings. The molecule has 0 bridgehead atoms. The predicted octanol–water partition coefficient (Wildman–Crippen LogP) is 2.39. The van der Waals surface area contributed by atoms with Crippen LogP contribution in [0.5, 0.6) is 0 Å². The van der Waals surface area contributed by atoms with Gasteiger partial charge in [0.15, 0.2) is 5.13 Å². The lowest BCUT2D eigenvalue weighted by Crippen LogP contribution is -2.38. The monoisotopic (exact) mass is 374 g/mol. The fourth-order valence-electron chi connectivity index (χ4n) is 3.30. The van der Waals surface area contributed by atoms with Crippen LogP contribution in [0.15, 0.2) is 29.6 Å². The number of ether oxygens (including phenoxy) is 2. The van der Waals surface area contributed by atoms with Gasteiger partial charge in [-0.05, 0) is 12.1 Å². The van der Waals surface area contributed by atoms with E-state index >= 15 is 0 Å². The zero-order valence-electron chi connectivity index (χ0n) is 15.0. The van der Waals surface area contributed by atoms with Crippen molar-refractivity contribution in [3.63, 3.8) is 0 Å². The Kier molecular flexibility index (Phi) is 6.01. The number of anilines is 2. The molecule has 26 heavy (non-hydrogen) atoms. The Morgan fingerprint density at radius 1 is 0.962 bits per heavy atom. The molecule has 4 rings (SSSR count). The van der Waals surface area contributed by atoms with Gasteiger partial charge in [-0.25, -0.2) is 4.98 Å². The van der Waals surface area contributed by atoms with Gasteiger partial charge in [0, 0.05) is 55.9 Å².